The van der Waals surface area contributed by atoms with Gasteiger partial charge in [-0.15, -0.1) is 0 Å². The third kappa shape index (κ3) is 1.97. The molecule has 0 unspecified atom stereocenters. The Hall–Kier alpha value is -0.940. The Labute approximate surface area is 93.8 Å². The number of aliphatic hydroxyl groups is 1. The van der Waals surface area contributed by atoms with Crippen LogP contribution in [0.3, 0.4) is 0 Å². The first-order valence-electron chi connectivity index (χ1n) is 5.00. The molecule has 0 radical (unpaired) electrons. The first kappa shape index (κ1) is 11.5. The maximum absolute atomic E-state index is 13.0. The highest BCUT2D eigenvalue weighted by atomic mass is 32.2. The van der Waals surface area contributed by atoms with E-state index in [1.807, 2.05) is 0 Å². The number of benzene rings is 1. The van der Waals surface area contributed by atoms with Crippen molar-refractivity contribution in [3.63, 3.8) is 0 Å². The topological polar surface area (TPSA) is 54.4 Å². The normalized spacial score (nSPS) is 29.1. The van der Waals surface area contributed by atoms with Gasteiger partial charge in [0.05, 0.1) is 5.25 Å². The zero-order chi connectivity index (χ0) is 11.9. The molecular weight excluding hydrogens is 231 g/mol. The van der Waals surface area contributed by atoms with Crippen LogP contribution in [0.25, 0.3) is 0 Å². The molecule has 0 aromatic heterocycles. The first-order chi connectivity index (χ1) is 7.45. The van der Waals surface area contributed by atoms with Crippen molar-refractivity contribution in [2.75, 3.05) is 12.9 Å². The van der Waals surface area contributed by atoms with E-state index in [0.717, 1.165) is 6.26 Å². The molecule has 2 rings (SSSR count). The SMILES string of the molecule is CS(=O)(=O)[C@H]1[C@@H](CO)[C@@H]1c1cccc(F)c1. The lowest BCUT2D eigenvalue weighted by Gasteiger charge is -1.99. The average molecular weight is 244 g/mol. The Morgan fingerprint density at radius 1 is 1.44 bits per heavy atom. The molecule has 1 aromatic rings. The van der Waals surface area contributed by atoms with E-state index in [9.17, 15) is 12.8 Å². The van der Waals surface area contributed by atoms with E-state index in [-0.39, 0.29) is 24.3 Å². The zero-order valence-corrected chi connectivity index (χ0v) is 9.61. The summed E-state index contributed by atoms with van der Waals surface area (Å²) >= 11 is 0. The van der Waals surface area contributed by atoms with Crippen LogP contribution in [-0.2, 0) is 9.84 Å². The van der Waals surface area contributed by atoms with Crippen molar-refractivity contribution in [1.29, 1.82) is 0 Å². The van der Waals surface area contributed by atoms with Gasteiger partial charge in [0.25, 0.3) is 0 Å². The fraction of sp³-hybridized carbons (Fsp3) is 0.455. The molecule has 3 nitrogen and oxygen atoms in total. The van der Waals surface area contributed by atoms with Gasteiger partial charge in [-0.2, -0.15) is 0 Å². The Kier molecular flexibility index (Phi) is 2.75. The molecule has 1 aliphatic rings. The molecule has 1 aromatic carbocycles. The summed E-state index contributed by atoms with van der Waals surface area (Å²) in [5, 5.41) is 8.51. The molecule has 16 heavy (non-hydrogen) atoms. The summed E-state index contributed by atoms with van der Waals surface area (Å²) in [4.78, 5) is 0. The molecule has 0 spiro atoms. The summed E-state index contributed by atoms with van der Waals surface area (Å²) < 4.78 is 35.9. The highest BCUT2D eigenvalue weighted by molar-refractivity contribution is 7.91. The number of hydrogen-bond acceptors (Lipinski definition) is 3. The van der Waals surface area contributed by atoms with Gasteiger partial charge in [0.1, 0.15) is 5.82 Å². The van der Waals surface area contributed by atoms with Crippen molar-refractivity contribution in [2.45, 2.75) is 11.2 Å². The zero-order valence-electron chi connectivity index (χ0n) is 8.80. The van der Waals surface area contributed by atoms with Crippen LogP contribution in [0.5, 0.6) is 0 Å². The molecule has 1 fully saturated rings. The van der Waals surface area contributed by atoms with Gasteiger partial charge in [0.2, 0.25) is 0 Å². The second-order valence-corrected chi connectivity index (χ2v) is 6.42. The van der Waals surface area contributed by atoms with Gasteiger partial charge < -0.3 is 5.11 Å². The molecule has 0 heterocycles. The van der Waals surface area contributed by atoms with Crippen LogP contribution >= 0.6 is 0 Å². The van der Waals surface area contributed by atoms with Gasteiger partial charge in [-0.1, -0.05) is 12.1 Å². The van der Waals surface area contributed by atoms with E-state index in [4.69, 9.17) is 5.11 Å². The molecule has 1 N–H and O–H groups in total. The highest BCUT2D eigenvalue weighted by Crippen LogP contribution is 2.51. The summed E-state index contributed by atoms with van der Waals surface area (Å²) in [6, 6.07) is 5.89. The predicted molar refractivity (Wildman–Crippen MR) is 58.3 cm³/mol. The third-order valence-corrected chi connectivity index (χ3v) is 4.67. The van der Waals surface area contributed by atoms with Gasteiger partial charge in [-0.25, -0.2) is 12.8 Å². The number of aliphatic hydroxyl groups excluding tert-OH is 1. The molecule has 0 bridgehead atoms. The minimum Gasteiger partial charge on any atom is -0.396 e. The molecule has 0 aliphatic heterocycles. The van der Waals surface area contributed by atoms with Gasteiger partial charge in [-0.3, -0.25) is 0 Å². The summed E-state index contributed by atoms with van der Waals surface area (Å²) in [5.41, 5.74) is 0.648. The Balaban J connectivity index is 2.30. The Bertz CT molecular complexity index is 498. The summed E-state index contributed by atoms with van der Waals surface area (Å²) in [6.07, 6.45) is 1.15. The fourth-order valence-electron chi connectivity index (χ4n) is 2.29. The lowest BCUT2D eigenvalue weighted by molar-refractivity contribution is 0.274. The lowest BCUT2D eigenvalue weighted by Crippen LogP contribution is -2.08. The standard InChI is InChI=1S/C11H13FO3S/c1-16(14,15)11-9(6-13)10(11)7-3-2-4-8(12)5-7/h2-5,9-11,13H,6H2,1H3/t9-,10-,11-/m0/s1. The predicted octanol–water partition coefficient (Wildman–Crippen LogP) is 0.945. The first-order valence-corrected chi connectivity index (χ1v) is 6.96. The van der Waals surface area contributed by atoms with E-state index in [1.165, 1.54) is 12.1 Å². The van der Waals surface area contributed by atoms with Crippen molar-refractivity contribution in [2.24, 2.45) is 5.92 Å². The molecular formula is C11H13FO3S. The molecule has 0 saturated heterocycles. The van der Waals surface area contributed by atoms with Crippen LogP contribution in [0.4, 0.5) is 4.39 Å². The van der Waals surface area contributed by atoms with Crippen LogP contribution in [-0.4, -0.2) is 31.6 Å². The van der Waals surface area contributed by atoms with Crippen LogP contribution in [0.2, 0.25) is 0 Å². The highest BCUT2D eigenvalue weighted by Gasteiger charge is 2.56. The quantitative estimate of drug-likeness (QED) is 0.861. The van der Waals surface area contributed by atoms with Crippen LogP contribution < -0.4 is 0 Å². The van der Waals surface area contributed by atoms with Gasteiger partial charge in [0, 0.05) is 24.7 Å². The van der Waals surface area contributed by atoms with Crippen molar-refractivity contribution in [1.82, 2.24) is 0 Å². The molecule has 3 atom stereocenters. The van der Waals surface area contributed by atoms with Crippen molar-refractivity contribution < 1.29 is 17.9 Å². The minimum absolute atomic E-state index is 0.182. The maximum Gasteiger partial charge on any atom is 0.151 e. The second kappa shape index (κ2) is 3.82. The van der Waals surface area contributed by atoms with E-state index >= 15 is 0 Å². The monoisotopic (exact) mass is 244 g/mol. The summed E-state index contributed by atoms with van der Waals surface area (Å²) in [5.74, 6) is -0.944. The van der Waals surface area contributed by atoms with Gasteiger partial charge in [0.15, 0.2) is 9.84 Å². The average Bonchev–Trinajstić information content (AvgIpc) is 2.91. The van der Waals surface area contributed by atoms with E-state index in [2.05, 4.69) is 0 Å². The van der Waals surface area contributed by atoms with Crippen LogP contribution in [0.15, 0.2) is 24.3 Å². The van der Waals surface area contributed by atoms with E-state index < -0.39 is 15.1 Å². The third-order valence-electron chi connectivity index (χ3n) is 3.04. The number of sulfone groups is 1. The lowest BCUT2D eigenvalue weighted by atomic mass is 10.1. The van der Waals surface area contributed by atoms with E-state index in [1.54, 1.807) is 12.1 Å². The van der Waals surface area contributed by atoms with E-state index in [0.29, 0.717) is 5.56 Å². The Morgan fingerprint density at radius 3 is 2.56 bits per heavy atom. The molecule has 88 valence electrons. The smallest absolute Gasteiger partial charge is 0.151 e. The summed E-state index contributed by atoms with van der Waals surface area (Å²) in [6.45, 7) is -0.182. The number of hydrogen-bond donors (Lipinski definition) is 1. The number of halogens is 1. The Morgan fingerprint density at radius 2 is 2.12 bits per heavy atom. The molecule has 0 amide bonds. The second-order valence-electron chi connectivity index (χ2n) is 4.22. The summed E-state index contributed by atoms with van der Waals surface area (Å²) in [7, 11) is -3.18. The maximum atomic E-state index is 13.0. The molecule has 5 heteroatoms. The van der Waals surface area contributed by atoms with Gasteiger partial charge >= 0.3 is 0 Å². The largest absolute Gasteiger partial charge is 0.396 e. The van der Waals surface area contributed by atoms with Crippen LogP contribution in [0.1, 0.15) is 11.5 Å². The van der Waals surface area contributed by atoms with Gasteiger partial charge in [-0.05, 0) is 17.7 Å². The molecule has 1 aliphatic carbocycles. The van der Waals surface area contributed by atoms with Crippen molar-refractivity contribution in [3.8, 4) is 0 Å². The van der Waals surface area contributed by atoms with Crippen LogP contribution in [0, 0.1) is 11.7 Å². The minimum atomic E-state index is -3.18. The molecule has 1 saturated carbocycles. The number of rotatable bonds is 3. The van der Waals surface area contributed by atoms with Crippen molar-refractivity contribution in [3.05, 3.63) is 35.6 Å². The van der Waals surface area contributed by atoms with Crippen molar-refractivity contribution >= 4 is 9.84 Å². The fourth-order valence-corrected chi connectivity index (χ4v) is 3.99.